The van der Waals surface area contributed by atoms with Crippen LogP contribution in [-0.4, -0.2) is 28.4 Å². The average Bonchev–Trinajstić information content (AvgIpc) is 2.85. The molecule has 5 heteroatoms. The molecule has 1 aromatic heterocycles. The van der Waals surface area contributed by atoms with Crippen molar-refractivity contribution in [2.45, 2.75) is 33.4 Å². The van der Waals surface area contributed by atoms with Crippen LogP contribution >= 0.6 is 0 Å². The van der Waals surface area contributed by atoms with Crippen molar-refractivity contribution in [3.05, 3.63) is 18.5 Å². The minimum Gasteiger partial charge on any atom is -0.338 e. The molecule has 0 radical (unpaired) electrons. The Morgan fingerprint density at radius 2 is 2.21 bits per heavy atom. The Morgan fingerprint density at radius 3 is 2.74 bits per heavy atom. The summed E-state index contributed by atoms with van der Waals surface area (Å²) >= 11 is 0. The molecular weight excluding hydrogens is 240 g/mol. The number of carbonyl (C=O) groups excluding carboxylic acids is 1. The zero-order chi connectivity index (χ0) is 14.3. The molecule has 0 unspecified atom stereocenters. The molecule has 19 heavy (non-hydrogen) atoms. The van der Waals surface area contributed by atoms with E-state index in [9.17, 15) is 4.79 Å². The molecule has 2 N–H and O–H groups in total. The molecule has 0 aliphatic carbocycles. The Morgan fingerprint density at radius 1 is 1.47 bits per heavy atom. The lowest BCUT2D eigenvalue weighted by molar-refractivity contribution is 0.234. The van der Waals surface area contributed by atoms with E-state index < -0.39 is 0 Å². The van der Waals surface area contributed by atoms with Crippen LogP contribution in [0.25, 0.3) is 0 Å². The lowest BCUT2D eigenvalue weighted by atomic mass is 10.1. The van der Waals surface area contributed by atoms with E-state index in [0.717, 1.165) is 6.54 Å². The number of hydrogen-bond acceptors (Lipinski definition) is 2. The second-order valence-corrected chi connectivity index (χ2v) is 5.08. The SMILES string of the molecule is C#C[C@@H](NC(=O)NC[C@H](C)Cn1cccn1)C(C)C. The van der Waals surface area contributed by atoms with Gasteiger partial charge in [-0.1, -0.05) is 26.7 Å². The van der Waals surface area contributed by atoms with Crippen molar-refractivity contribution in [2.75, 3.05) is 6.54 Å². The fraction of sp³-hybridized carbons (Fsp3) is 0.571. The van der Waals surface area contributed by atoms with Crippen molar-refractivity contribution in [2.24, 2.45) is 11.8 Å². The minimum absolute atomic E-state index is 0.219. The highest BCUT2D eigenvalue weighted by atomic mass is 16.2. The summed E-state index contributed by atoms with van der Waals surface area (Å²) in [5.41, 5.74) is 0. The van der Waals surface area contributed by atoms with E-state index in [4.69, 9.17) is 6.42 Å². The molecule has 0 aromatic carbocycles. The third-order valence-corrected chi connectivity index (χ3v) is 2.80. The summed E-state index contributed by atoms with van der Waals surface area (Å²) < 4.78 is 1.85. The third kappa shape index (κ3) is 5.47. The maximum Gasteiger partial charge on any atom is 0.315 e. The van der Waals surface area contributed by atoms with E-state index in [1.807, 2.05) is 30.8 Å². The van der Waals surface area contributed by atoms with E-state index >= 15 is 0 Å². The predicted octanol–water partition coefficient (Wildman–Crippen LogP) is 1.48. The molecule has 1 heterocycles. The zero-order valence-electron chi connectivity index (χ0n) is 11.8. The maximum absolute atomic E-state index is 11.7. The number of terminal acetylenes is 1. The first-order valence-corrected chi connectivity index (χ1v) is 6.50. The standard InChI is InChI=1S/C14H22N4O/c1-5-13(11(2)3)17-14(19)15-9-12(4)10-18-8-6-7-16-18/h1,6-8,11-13H,9-10H2,2-4H3,(H2,15,17,19)/t12-,13+/m0/s1. The Kier molecular flexibility index (Phi) is 5.94. The number of rotatable bonds is 6. The average molecular weight is 262 g/mol. The second-order valence-electron chi connectivity index (χ2n) is 5.08. The largest absolute Gasteiger partial charge is 0.338 e. The molecule has 0 aliphatic rings. The molecular formula is C14H22N4O. The van der Waals surface area contributed by atoms with E-state index in [-0.39, 0.29) is 18.0 Å². The molecule has 0 aliphatic heterocycles. The number of hydrogen-bond donors (Lipinski definition) is 2. The van der Waals surface area contributed by atoms with Gasteiger partial charge in [-0.2, -0.15) is 5.10 Å². The van der Waals surface area contributed by atoms with Gasteiger partial charge in [0, 0.05) is 25.5 Å². The lowest BCUT2D eigenvalue weighted by Gasteiger charge is -2.18. The fourth-order valence-electron chi connectivity index (χ4n) is 1.65. The van der Waals surface area contributed by atoms with Gasteiger partial charge >= 0.3 is 6.03 Å². The van der Waals surface area contributed by atoms with Crippen LogP contribution in [0.1, 0.15) is 20.8 Å². The van der Waals surface area contributed by atoms with Crippen LogP contribution in [0.15, 0.2) is 18.5 Å². The van der Waals surface area contributed by atoms with Crippen molar-refractivity contribution in [1.82, 2.24) is 20.4 Å². The van der Waals surface area contributed by atoms with Gasteiger partial charge in [0.05, 0.1) is 6.04 Å². The van der Waals surface area contributed by atoms with Gasteiger partial charge in [-0.15, -0.1) is 6.42 Å². The van der Waals surface area contributed by atoms with Gasteiger partial charge in [0.1, 0.15) is 0 Å². The molecule has 1 rings (SSSR count). The van der Waals surface area contributed by atoms with Crippen LogP contribution in [0.5, 0.6) is 0 Å². The molecule has 1 aromatic rings. The van der Waals surface area contributed by atoms with E-state index in [2.05, 4.69) is 28.6 Å². The first-order valence-electron chi connectivity index (χ1n) is 6.50. The van der Waals surface area contributed by atoms with Crippen LogP contribution in [0.4, 0.5) is 4.79 Å². The topological polar surface area (TPSA) is 59.0 Å². The summed E-state index contributed by atoms with van der Waals surface area (Å²) in [6, 6.07) is 1.43. The number of nitrogens with one attached hydrogen (secondary N) is 2. The monoisotopic (exact) mass is 262 g/mol. The van der Waals surface area contributed by atoms with Gasteiger partial charge in [-0.25, -0.2) is 4.79 Å². The van der Waals surface area contributed by atoms with Gasteiger partial charge < -0.3 is 10.6 Å². The van der Waals surface area contributed by atoms with Crippen molar-refractivity contribution in [3.8, 4) is 12.3 Å². The van der Waals surface area contributed by atoms with Crippen LogP contribution in [0, 0.1) is 24.2 Å². The molecule has 0 bridgehead atoms. The number of carbonyl (C=O) groups is 1. The number of nitrogens with zero attached hydrogens (tertiary/aromatic N) is 2. The molecule has 0 saturated heterocycles. The van der Waals surface area contributed by atoms with E-state index in [1.54, 1.807) is 6.20 Å². The Hall–Kier alpha value is -1.96. The smallest absolute Gasteiger partial charge is 0.315 e. The first kappa shape index (κ1) is 15.1. The van der Waals surface area contributed by atoms with Crippen LogP contribution in [-0.2, 0) is 6.54 Å². The lowest BCUT2D eigenvalue weighted by Crippen LogP contribution is -2.45. The zero-order valence-corrected chi connectivity index (χ0v) is 11.8. The van der Waals surface area contributed by atoms with Gasteiger partial charge in [0.25, 0.3) is 0 Å². The predicted molar refractivity (Wildman–Crippen MR) is 75.4 cm³/mol. The van der Waals surface area contributed by atoms with E-state index in [0.29, 0.717) is 12.5 Å². The fourth-order valence-corrected chi connectivity index (χ4v) is 1.65. The molecule has 0 saturated carbocycles. The second kappa shape index (κ2) is 7.47. The third-order valence-electron chi connectivity index (χ3n) is 2.80. The molecule has 2 atom stereocenters. The van der Waals surface area contributed by atoms with Crippen LogP contribution < -0.4 is 10.6 Å². The minimum atomic E-state index is -0.235. The van der Waals surface area contributed by atoms with Crippen molar-refractivity contribution < 1.29 is 4.79 Å². The van der Waals surface area contributed by atoms with E-state index in [1.165, 1.54) is 0 Å². The van der Waals surface area contributed by atoms with Crippen LogP contribution in [0.3, 0.4) is 0 Å². The van der Waals surface area contributed by atoms with Crippen molar-refractivity contribution in [1.29, 1.82) is 0 Å². The molecule has 0 spiro atoms. The Balaban J connectivity index is 2.28. The number of urea groups is 1. The molecule has 104 valence electrons. The Bertz CT molecular complexity index is 419. The molecule has 5 nitrogen and oxygen atoms in total. The maximum atomic E-state index is 11.7. The van der Waals surface area contributed by atoms with Crippen LogP contribution in [0.2, 0.25) is 0 Å². The highest BCUT2D eigenvalue weighted by Crippen LogP contribution is 2.00. The molecule has 2 amide bonds. The summed E-state index contributed by atoms with van der Waals surface area (Å²) in [7, 11) is 0. The summed E-state index contributed by atoms with van der Waals surface area (Å²) in [5.74, 6) is 3.09. The summed E-state index contributed by atoms with van der Waals surface area (Å²) in [4.78, 5) is 11.7. The Labute approximate surface area is 114 Å². The van der Waals surface area contributed by atoms with Crippen molar-refractivity contribution >= 4 is 6.03 Å². The summed E-state index contributed by atoms with van der Waals surface area (Å²) in [6.45, 7) is 7.37. The highest BCUT2D eigenvalue weighted by Gasteiger charge is 2.13. The normalized spacial score (nSPS) is 13.6. The molecule has 0 fully saturated rings. The quantitative estimate of drug-likeness (QED) is 0.763. The number of aromatic nitrogens is 2. The van der Waals surface area contributed by atoms with Gasteiger partial charge in [-0.05, 0) is 17.9 Å². The summed E-state index contributed by atoms with van der Waals surface area (Å²) in [5, 5.41) is 9.73. The van der Waals surface area contributed by atoms with Gasteiger partial charge in [0.2, 0.25) is 0 Å². The highest BCUT2D eigenvalue weighted by molar-refractivity contribution is 5.74. The van der Waals surface area contributed by atoms with Crippen molar-refractivity contribution in [3.63, 3.8) is 0 Å². The number of amides is 2. The first-order chi connectivity index (χ1) is 9.02. The van der Waals surface area contributed by atoms with Gasteiger partial charge in [-0.3, -0.25) is 4.68 Å². The van der Waals surface area contributed by atoms with Gasteiger partial charge in [0.15, 0.2) is 0 Å². The summed E-state index contributed by atoms with van der Waals surface area (Å²) in [6.07, 6.45) is 9.01.